The van der Waals surface area contributed by atoms with Crippen LogP contribution < -0.4 is 10.2 Å². The van der Waals surface area contributed by atoms with Crippen molar-refractivity contribution in [1.82, 2.24) is 0 Å². The molecule has 2 amide bonds. The first-order valence-corrected chi connectivity index (χ1v) is 13.0. The quantitative estimate of drug-likeness (QED) is 0.524. The number of anilines is 2. The first-order valence-electron chi connectivity index (χ1n) is 10.7. The summed E-state index contributed by atoms with van der Waals surface area (Å²) in [5, 5.41) is 1.98. The normalized spacial score (nSPS) is 17.2. The average molecular weight is 494 g/mol. The Kier molecular flexibility index (Phi) is 7.14. The van der Waals surface area contributed by atoms with E-state index in [2.05, 4.69) is 9.71 Å². The highest BCUT2D eigenvalue weighted by molar-refractivity contribution is 8.16. The molecule has 1 atom stereocenters. The van der Waals surface area contributed by atoms with Crippen LogP contribution in [0.1, 0.15) is 18.9 Å². The second-order valence-electron chi connectivity index (χ2n) is 7.58. The van der Waals surface area contributed by atoms with Gasteiger partial charge in [0.25, 0.3) is 10.0 Å². The summed E-state index contributed by atoms with van der Waals surface area (Å²) in [6.45, 7) is 1.98. The average Bonchev–Trinajstić information content (AvgIpc) is 3.13. The summed E-state index contributed by atoms with van der Waals surface area (Å²) >= 11 is 0.976. The van der Waals surface area contributed by atoms with Crippen molar-refractivity contribution in [3.8, 4) is 0 Å². The number of nitrogens with zero attached hydrogens (tertiary/aromatic N) is 2. The van der Waals surface area contributed by atoms with E-state index in [-0.39, 0.29) is 22.4 Å². The first-order chi connectivity index (χ1) is 16.4. The number of hydrogen-bond donors (Lipinski definition) is 1. The summed E-state index contributed by atoms with van der Waals surface area (Å²) in [5.74, 6) is -0.737. The van der Waals surface area contributed by atoms with Crippen LogP contribution in [0, 0.1) is 0 Å². The maximum Gasteiger partial charge on any atom is 0.284 e. The Hall–Kier alpha value is -3.43. The number of para-hydroxylation sites is 2. The fraction of sp³-hybridized carbons (Fsp3) is 0.160. The Balaban J connectivity index is 1.62. The maximum atomic E-state index is 13.3. The number of nitrogens with one attached hydrogen (secondary N) is 1. The minimum atomic E-state index is -4.06. The monoisotopic (exact) mass is 493 g/mol. The molecule has 1 heterocycles. The minimum Gasteiger partial charge on any atom is -0.326 e. The van der Waals surface area contributed by atoms with E-state index in [0.717, 1.165) is 23.7 Å². The van der Waals surface area contributed by atoms with Crippen LogP contribution in [0.4, 0.5) is 11.4 Å². The van der Waals surface area contributed by atoms with Gasteiger partial charge in [0, 0.05) is 12.1 Å². The third-order valence-electron chi connectivity index (χ3n) is 5.21. The minimum absolute atomic E-state index is 0.0216. The smallest absolute Gasteiger partial charge is 0.284 e. The van der Waals surface area contributed by atoms with Crippen LogP contribution >= 0.6 is 11.8 Å². The Morgan fingerprint density at radius 1 is 0.971 bits per heavy atom. The maximum absolute atomic E-state index is 13.3. The van der Waals surface area contributed by atoms with Gasteiger partial charge in [0.1, 0.15) is 5.25 Å². The molecule has 34 heavy (non-hydrogen) atoms. The number of carbonyl (C=O) groups is 2. The summed E-state index contributed by atoms with van der Waals surface area (Å²) in [6, 6.07) is 24.1. The molecule has 0 spiro atoms. The van der Waals surface area contributed by atoms with Crippen LogP contribution in [0.3, 0.4) is 0 Å². The lowest BCUT2D eigenvalue weighted by molar-refractivity contribution is -0.121. The zero-order valence-corrected chi connectivity index (χ0v) is 20.1. The lowest BCUT2D eigenvalue weighted by Gasteiger charge is -2.16. The molecule has 1 saturated heterocycles. The second kappa shape index (κ2) is 10.2. The number of hydrogen-bond acceptors (Lipinski definition) is 5. The summed E-state index contributed by atoms with van der Waals surface area (Å²) in [7, 11) is -4.06. The second-order valence-corrected chi connectivity index (χ2v) is 10.4. The number of benzene rings is 3. The topological polar surface area (TPSA) is 95.9 Å². The number of amidine groups is 1. The molecule has 3 aromatic rings. The Bertz CT molecular complexity index is 1310. The van der Waals surface area contributed by atoms with Crippen molar-refractivity contribution in [1.29, 1.82) is 0 Å². The van der Waals surface area contributed by atoms with Crippen LogP contribution in [0.25, 0.3) is 0 Å². The Labute approximate surface area is 203 Å². The van der Waals surface area contributed by atoms with E-state index in [1.54, 1.807) is 66.7 Å². The molecule has 7 nitrogen and oxygen atoms in total. The molecule has 1 fully saturated rings. The van der Waals surface area contributed by atoms with Crippen molar-refractivity contribution in [2.24, 2.45) is 4.40 Å². The molecule has 0 aromatic heterocycles. The predicted molar refractivity (Wildman–Crippen MR) is 135 cm³/mol. The molecule has 4 rings (SSSR count). The number of aryl methyl sites for hydroxylation is 1. The van der Waals surface area contributed by atoms with Crippen molar-refractivity contribution in [3.05, 3.63) is 90.5 Å². The fourth-order valence-electron chi connectivity index (χ4n) is 3.43. The molecule has 1 unspecified atom stereocenters. The highest BCUT2D eigenvalue weighted by Crippen LogP contribution is 2.35. The zero-order valence-electron chi connectivity index (χ0n) is 18.4. The van der Waals surface area contributed by atoms with Gasteiger partial charge in [-0.1, -0.05) is 67.2 Å². The van der Waals surface area contributed by atoms with Gasteiger partial charge < -0.3 is 5.32 Å². The van der Waals surface area contributed by atoms with Crippen LogP contribution in [0.2, 0.25) is 0 Å². The summed E-state index contributed by atoms with van der Waals surface area (Å²) in [4.78, 5) is 27.1. The van der Waals surface area contributed by atoms with E-state index in [4.69, 9.17) is 0 Å². The van der Waals surface area contributed by atoms with Crippen molar-refractivity contribution < 1.29 is 18.0 Å². The van der Waals surface area contributed by atoms with Gasteiger partial charge in [0.15, 0.2) is 5.17 Å². The van der Waals surface area contributed by atoms with E-state index in [0.29, 0.717) is 11.4 Å². The van der Waals surface area contributed by atoms with E-state index in [9.17, 15) is 18.0 Å². The van der Waals surface area contributed by atoms with E-state index < -0.39 is 21.2 Å². The van der Waals surface area contributed by atoms with Gasteiger partial charge >= 0.3 is 0 Å². The molecule has 0 radical (unpaired) electrons. The van der Waals surface area contributed by atoms with Crippen molar-refractivity contribution >= 4 is 50.1 Å². The third kappa shape index (κ3) is 5.37. The molecule has 9 heteroatoms. The zero-order chi connectivity index (χ0) is 24.1. The molecule has 1 aliphatic heterocycles. The highest BCUT2D eigenvalue weighted by atomic mass is 32.2. The molecular weight excluding hydrogens is 470 g/mol. The highest BCUT2D eigenvalue weighted by Gasteiger charge is 2.41. The van der Waals surface area contributed by atoms with Gasteiger partial charge in [-0.15, -0.1) is 4.40 Å². The van der Waals surface area contributed by atoms with Crippen molar-refractivity contribution in [2.45, 2.75) is 29.9 Å². The lowest BCUT2D eigenvalue weighted by Crippen LogP contribution is -2.33. The van der Waals surface area contributed by atoms with Gasteiger partial charge in [0.05, 0.1) is 10.6 Å². The first kappa shape index (κ1) is 23.7. The largest absolute Gasteiger partial charge is 0.326 e. The molecule has 1 N–H and O–H groups in total. The molecule has 0 saturated carbocycles. The molecular formula is C25H23N3O4S2. The van der Waals surface area contributed by atoms with E-state index >= 15 is 0 Å². The number of sulfonamides is 1. The van der Waals surface area contributed by atoms with Gasteiger partial charge in [-0.05, 0) is 48.4 Å². The van der Waals surface area contributed by atoms with Gasteiger partial charge in [0.2, 0.25) is 11.8 Å². The number of carbonyl (C=O) groups excluding carboxylic acids is 2. The Morgan fingerprint density at radius 3 is 2.21 bits per heavy atom. The molecule has 3 aromatic carbocycles. The fourth-order valence-corrected chi connectivity index (χ4v) is 5.76. The lowest BCUT2D eigenvalue weighted by atomic mass is 10.2. The van der Waals surface area contributed by atoms with Crippen LogP contribution in [-0.4, -0.2) is 30.6 Å². The van der Waals surface area contributed by atoms with Crippen molar-refractivity contribution in [3.63, 3.8) is 0 Å². The predicted octanol–water partition coefficient (Wildman–Crippen LogP) is 4.47. The van der Waals surface area contributed by atoms with Crippen LogP contribution in [0.5, 0.6) is 0 Å². The van der Waals surface area contributed by atoms with Crippen molar-refractivity contribution in [2.75, 3.05) is 10.2 Å². The van der Waals surface area contributed by atoms with Gasteiger partial charge in [-0.3, -0.25) is 14.5 Å². The molecule has 1 aliphatic rings. The van der Waals surface area contributed by atoms with E-state index in [1.165, 1.54) is 17.0 Å². The number of rotatable bonds is 7. The van der Waals surface area contributed by atoms with Crippen LogP contribution in [0.15, 0.2) is 94.2 Å². The standard InChI is InChI=1S/C25H23N3O4S2/c1-2-18-13-15-21(16-14-18)34(31,32)27-25-28(20-11-7-4-8-12-20)24(30)22(33-25)17-23(29)26-19-9-5-3-6-10-19/h3-16,22H,2,17H2,1H3,(H,26,29)/b27-25-. The van der Waals surface area contributed by atoms with Gasteiger partial charge in [-0.25, -0.2) is 0 Å². The Morgan fingerprint density at radius 2 is 1.59 bits per heavy atom. The summed E-state index contributed by atoms with van der Waals surface area (Å²) < 4.78 is 30.1. The number of thioether (sulfide) groups is 1. The van der Waals surface area contributed by atoms with Gasteiger partial charge in [-0.2, -0.15) is 8.42 Å². The molecule has 0 bridgehead atoms. The third-order valence-corrected chi connectivity index (χ3v) is 7.74. The number of amides is 2. The van der Waals surface area contributed by atoms with E-state index in [1.807, 2.05) is 13.0 Å². The molecule has 174 valence electrons. The SMILES string of the molecule is CCc1ccc(S(=O)(=O)/N=C2\SC(CC(=O)Nc3ccccc3)C(=O)N2c2ccccc2)cc1. The molecule has 0 aliphatic carbocycles. The summed E-state index contributed by atoms with van der Waals surface area (Å²) in [6.07, 6.45) is 0.666. The summed E-state index contributed by atoms with van der Waals surface area (Å²) in [5.41, 5.74) is 2.11. The van der Waals surface area contributed by atoms with Crippen LogP contribution in [-0.2, 0) is 26.0 Å².